The van der Waals surface area contributed by atoms with Crippen LogP contribution in [0.15, 0.2) is 18.2 Å². The maximum absolute atomic E-state index is 6.23. The molecular weight excluding hydrogens is 411 g/mol. The number of hydrogen-bond donors (Lipinski definition) is 0. The van der Waals surface area contributed by atoms with Gasteiger partial charge in [-0.15, -0.1) is 17.5 Å². The second-order valence-electron chi connectivity index (χ2n) is 7.85. The van der Waals surface area contributed by atoms with Crippen LogP contribution in [0.1, 0.15) is 37.7 Å². The third-order valence-electron chi connectivity index (χ3n) is 5.33. The number of tetrazole rings is 1. The number of methoxy groups -OCH3 is 1. The Bertz CT molecular complexity index is 761. The van der Waals surface area contributed by atoms with E-state index in [4.69, 9.17) is 16.3 Å². The highest BCUT2D eigenvalue weighted by Gasteiger charge is 2.30. The summed E-state index contributed by atoms with van der Waals surface area (Å²) in [6, 6.07) is 6.34. The number of aromatic nitrogens is 4. The van der Waals surface area contributed by atoms with Crippen molar-refractivity contribution in [3.8, 4) is 0 Å². The Labute approximate surface area is 184 Å². The van der Waals surface area contributed by atoms with E-state index in [9.17, 15) is 0 Å². The van der Waals surface area contributed by atoms with Gasteiger partial charge in [-0.05, 0) is 47.4 Å². The lowest BCUT2D eigenvalue weighted by molar-refractivity contribution is 0.145. The molecule has 1 fully saturated rings. The van der Waals surface area contributed by atoms with E-state index >= 15 is 0 Å². The average molecular weight is 443 g/mol. The minimum absolute atomic E-state index is 0. The van der Waals surface area contributed by atoms with Crippen molar-refractivity contribution >= 4 is 29.7 Å². The average Bonchev–Trinajstić information content (AvgIpc) is 3.14. The van der Waals surface area contributed by atoms with Crippen molar-refractivity contribution in [2.75, 3.05) is 44.8 Å². The highest BCUT2D eigenvalue weighted by atomic mass is 35.5. The smallest absolute Gasteiger partial charge is 0.168 e. The lowest BCUT2D eigenvalue weighted by Crippen LogP contribution is -2.48. The Morgan fingerprint density at radius 1 is 1.17 bits per heavy atom. The minimum Gasteiger partial charge on any atom is -0.383 e. The molecule has 2 heterocycles. The van der Waals surface area contributed by atoms with Gasteiger partial charge in [0.05, 0.1) is 19.2 Å². The minimum atomic E-state index is 0. The van der Waals surface area contributed by atoms with Gasteiger partial charge in [-0.2, -0.15) is 0 Å². The van der Waals surface area contributed by atoms with Gasteiger partial charge in [0.1, 0.15) is 0 Å². The number of nitrogens with zero attached hydrogens (tertiary/aromatic N) is 6. The van der Waals surface area contributed by atoms with Crippen LogP contribution in [0.25, 0.3) is 0 Å². The lowest BCUT2D eigenvalue weighted by Gasteiger charge is -2.40. The fourth-order valence-electron chi connectivity index (χ4n) is 3.85. The molecule has 9 heteroatoms. The van der Waals surface area contributed by atoms with Gasteiger partial charge in [-0.1, -0.05) is 31.5 Å². The number of halogens is 2. The zero-order valence-corrected chi connectivity index (χ0v) is 19.3. The summed E-state index contributed by atoms with van der Waals surface area (Å²) >= 11 is 6.23. The van der Waals surface area contributed by atoms with Crippen molar-refractivity contribution in [1.82, 2.24) is 25.1 Å². The van der Waals surface area contributed by atoms with Crippen LogP contribution in [0.3, 0.4) is 0 Å². The molecule has 0 amide bonds. The van der Waals surface area contributed by atoms with Crippen LogP contribution in [0.4, 0.5) is 5.69 Å². The SMILES string of the molecule is COCCn1nnnc1C(CC(C)C)N1CCN(c2cc(Cl)ccc2C)CC1.Cl. The molecule has 162 valence electrons. The van der Waals surface area contributed by atoms with Crippen molar-refractivity contribution in [3.63, 3.8) is 0 Å². The van der Waals surface area contributed by atoms with E-state index in [0.717, 1.165) is 43.4 Å². The van der Waals surface area contributed by atoms with Gasteiger partial charge >= 0.3 is 0 Å². The van der Waals surface area contributed by atoms with Crippen LogP contribution in [-0.4, -0.2) is 65.0 Å². The Hall–Kier alpha value is -1.41. The third-order valence-corrected chi connectivity index (χ3v) is 5.56. The highest BCUT2D eigenvalue weighted by molar-refractivity contribution is 6.30. The van der Waals surface area contributed by atoms with Crippen molar-refractivity contribution < 1.29 is 4.74 Å². The van der Waals surface area contributed by atoms with Crippen LogP contribution in [0.5, 0.6) is 0 Å². The lowest BCUT2D eigenvalue weighted by atomic mass is 10.0. The number of rotatable bonds is 8. The van der Waals surface area contributed by atoms with Gasteiger partial charge in [-0.3, -0.25) is 4.90 Å². The summed E-state index contributed by atoms with van der Waals surface area (Å²) in [7, 11) is 1.70. The Morgan fingerprint density at radius 3 is 2.55 bits per heavy atom. The fourth-order valence-corrected chi connectivity index (χ4v) is 4.02. The van der Waals surface area contributed by atoms with E-state index < -0.39 is 0 Å². The molecular formula is C20H32Cl2N6O. The summed E-state index contributed by atoms with van der Waals surface area (Å²) in [6.45, 7) is 11.8. The zero-order valence-electron chi connectivity index (χ0n) is 17.7. The van der Waals surface area contributed by atoms with E-state index in [1.165, 1.54) is 11.3 Å². The summed E-state index contributed by atoms with van der Waals surface area (Å²) in [5, 5.41) is 13.3. The quantitative estimate of drug-likeness (QED) is 0.621. The first-order valence-electron chi connectivity index (χ1n) is 9.99. The molecule has 1 aliphatic rings. The number of ether oxygens (including phenoxy) is 1. The summed E-state index contributed by atoms with van der Waals surface area (Å²) in [6.07, 6.45) is 1.03. The molecule has 1 unspecified atom stereocenters. The topological polar surface area (TPSA) is 59.3 Å². The van der Waals surface area contributed by atoms with Gasteiger partial charge in [0.15, 0.2) is 5.82 Å². The highest BCUT2D eigenvalue weighted by Crippen LogP contribution is 2.30. The largest absolute Gasteiger partial charge is 0.383 e. The first-order valence-corrected chi connectivity index (χ1v) is 10.4. The molecule has 7 nitrogen and oxygen atoms in total. The maximum atomic E-state index is 6.23. The predicted molar refractivity (Wildman–Crippen MR) is 119 cm³/mol. The monoisotopic (exact) mass is 442 g/mol. The van der Waals surface area contributed by atoms with Gasteiger partial charge in [0.2, 0.25) is 0 Å². The van der Waals surface area contributed by atoms with Crippen molar-refractivity contribution in [1.29, 1.82) is 0 Å². The first kappa shape index (κ1) is 23.9. The Kier molecular flexibility index (Phi) is 9.14. The molecule has 1 saturated heterocycles. The van der Waals surface area contributed by atoms with Crippen LogP contribution in [0.2, 0.25) is 5.02 Å². The number of aryl methyl sites for hydroxylation is 1. The van der Waals surface area contributed by atoms with E-state index in [2.05, 4.69) is 58.2 Å². The molecule has 3 rings (SSSR count). The normalized spacial score (nSPS) is 16.1. The van der Waals surface area contributed by atoms with Crippen molar-refractivity contribution in [2.45, 2.75) is 39.8 Å². The standard InChI is InChI=1S/C20H31ClN6O.ClH/c1-15(2)13-19(20-22-23-24-27(20)11-12-28-4)26-9-7-25(8-10-26)18-14-17(21)6-5-16(18)3;/h5-6,14-15,19H,7-13H2,1-4H3;1H. The molecule has 2 aromatic rings. The third kappa shape index (κ3) is 6.04. The predicted octanol–water partition coefficient (Wildman–Crippen LogP) is 3.61. The molecule has 1 atom stereocenters. The van der Waals surface area contributed by atoms with Gasteiger partial charge in [0, 0.05) is 44.0 Å². The second-order valence-corrected chi connectivity index (χ2v) is 8.29. The number of hydrogen-bond acceptors (Lipinski definition) is 6. The molecule has 0 N–H and O–H groups in total. The Morgan fingerprint density at radius 2 is 1.90 bits per heavy atom. The van der Waals surface area contributed by atoms with E-state index in [1.54, 1.807) is 7.11 Å². The zero-order chi connectivity index (χ0) is 20.1. The molecule has 0 aliphatic carbocycles. The van der Waals surface area contributed by atoms with Crippen LogP contribution in [0, 0.1) is 12.8 Å². The van der Waals surface area contributed by atoms with Gasteiger partial charge in [-0.25, -0.2) is 4.68 Å². The summed E-state index contributed by atoms with van der Waals surface area (Å²) < 4.78 is 7.11. The molecule has 29 heavy (non-hydrogen) atoms. The number of benzene rings is 1. The molecule has 0 bridgehead atoms. The van der Waals surface area contributed by atoms with Crippen molar-refractivity contribution in [3.05, 3.63) is 34.6 Å². The van der Waals surface area contributed by atoms with Gasteiger partial charge < -0.3 is 9.64 Å². The van der Waals surface area contributed by atoms with Gasteiger partial charge in [0.25, 0.3) is 0 Å². The molecule has 0 radical (unpaired) electrons. The van der Waals surface area contributed by atoms with Crippen LogP contribution >= 0.6 is 24.0 Å². The second kappa shape index (κ2) is 11.1. The maximum Gasteiger partial charge on any atom is 0.168 e. The van der Waals surface area contributed by atoms with Crippen molar-refractivity contribution in [2.24, 2.45) is 5.92 Å². The summed E-state index contributed by atoms with van der Waals surface area (Å²) in [4.78, 5) is 4.95. The summed E-state index contributed by atoms with van der Waals surface area (Å²) in [5.74, 6) is 1.50. The van der Waals surface area contributed by atoms with Crippen LogP contribution in [-0.2, 0) is 11.3 Å². The fraction of sp³-hybridized carbons (Fsp3) is 0.650. The van der Waals surface area contributed by atoms with E-state index in [0.29, 0.717) is 19.1 Å². The number of anilines is 1. The molecule has 0 spiro atoms. The number of piperazine rings is 1. The molecule has 1 aromatic heterocycles. The first-order chi connectivity index (χ1) is 13.5. The molecule has 0 saturated carbocycles. The molecule has 1 aliphatic heterocycles. The summed E-state index contributed by atoms with van der Waals surface area (Å²) in [5.41, 5.74) is 2.50. The Balaban J connectivity index is 0.00000300. The van der Waals surface area contributed by atoms with E-state index in [1.807, 2.05) is 10.7 Å². The molecule has 1 aromatic carbocycles. The van der Waals surface area contributed by atoms with E-state index in [-0.39, 0.29) is 18.4 Å². The van der Waals surface area contributed by atoms with Crippen LogP contribution < -0.4 is 4.90 Å².